The number of hydrogen-bond acceptors (Lipinski definition) is 7. The number of nitrogens with one attached hydrogen (secondary N) is 2. The topological polar surface area (TPSA) is 115 Å². The normalized spacial score (nSPS) is 13.4. The average molecular weight is 452 g/mol. The first-order valence-corrected chi connectivity index (χ1v) is 11.8. The molecule has 1 amide bonds. The first-order chi connectivity index (χ1) is 15.4. The quantitative estimate of drug-likeness (QED) is 0.440. The summed E-state index contributed by atoms with van der Waals surface area (Å²) >= 11 is 0. The van der Waals surface area contributed by atoms with Crippen LogP contribution in [0.15, 0.2) is 70.6 Å². The zero-order valence-electron chi connectivity index (χ0n) is 17.8. The fourth-order valence-corrected chi connectivity index (χ4v) is 4.46. The number of aliphatic imine (C=N–C) groups is 1. The summed E-state index contributed by atoms with van der Waals surface area (Å²) in [7, 11) is -1.94. The fraction of sp³-hybridized carbons (Fsp3) is 0.261. The van der Waals surface area contributed by atoms with Crippen molar-refractivity contribution in [3.63, 3.8) is 0 Å². The number of nitrogens with zero attached hydrogens (tertiary/aromatic N) is 3. The first kappa shape index (κ1) is 23.2. The monoisotopic (exact) mass is 451 g/mol. The van der Waals surface area contributed by atoms with Crippen molar-refractivity contribution >= 4 is 21.6 Å². The summed E-state index contributed by atoms with van der Waals surface area (Å²) in [5, 5.41) is 15.1. The summed E-state index contributed by atoms with van der Waals surface area (Å²) in [6.45, 7) is 2.30. The molecule has 0 saturated heterocycles. The number of rotatable bonds is 9. The van der Waals surface area contributed by atoms with E-state index < -0.39 is 9.84 Å². The van der Waals surface area contributed by atoms with E-state index in [2.05, 4.69) is 15.6 Å². The molecule has 0 unspecified atom stereocenters. The third-order valence-corrected chi connectivity index (χ3v) is 6.47. The van der Waals surface area contributed by atoms with Gasteiger partial charge in [0.2, 0.25) is 5.91 Å². The maximum atomic E-state index is 12.4. The van der Waals surface area contributed by atoms with Crippen molar-refractivity contribution in [2.45, 2.75) is 11.4 Å². The van der Waals surface area contributed by atoms with Gasteiger partial charge in [-0.25, -0.2) is 8.42 Å². The van der Waals surface area contributed by atoms with E-state index >= 15 is 0 Å². The molecule has 0 atom stereocenters. The summed E-state index contributed by atoms with van der Waals surface area (Å²) in [6, 6.07) is 15.9. The molecule has 0 aromatic heterocycles. The first-order valence-electron chi connectivity index (χ1n) is 10.1. The number of nitriles is 1. The number of hydrogen-bond donors (Lipinski definition) is 2. The highest BCUT2D eigenvalue weighted by atomic mass is 32.2. The van der Waals surface area contributed by atoms with Crippen LogP contribution >= 0.6 is 0 Å². The van der Waals surface area contributed by atoms with Crippen LogP contribution in [0.4, 0.5) is 0 Å². The molecule has 0 bridgehead atoms. The van der Waals surface area contributed by atoms with Crippen molar-refractivity contribution in [3.05, 3.63) is 77.4 Å². The van der Waals surface area contributed by atoms with Crippen molar-refractivity contribution in [1.82, 2.24) is 15.5 Å². The average Bonchev–Trinajstić information content (AvgIpc) is 3.34. The molecule has 32 heavy (non-hydrogen) atoms. The maximum absolute atomic E-state index is 12.4. The lowest BCUT2D eigenvalue weighted by atomic mass is 10.1. The highest BCUT2D eigenvalue weighted by molar-refractivity contribution is 7.91. The van der Waals surface area contributed by atoms with E-state index in [0.717, 1.165) is 30.1 Å². The molecule has 2 aromatic carbocycles. The number of likely N-dealkylation sites (N-methyl/N-ethyl adjacent to an activating group) is 1. The van der Waals surface area contributed by atoms with Crippen LogP contribution in [0.3, 0.4) is 0 Å². The number of amidine groups is 1. The van der Waals surface area contributed by atoms with E-state index in [4.69, 9.17) is 5.26 Å². The van der Waals surface area contributed by atoms with E-state index in [1.54, 1.807) is 30.2 Å². The molecular formula is C23H25N5O3S. The Morgan fingerprint density at radius 2 is 2.00 bits per heavy atom. The number of carbonyl (C=O) groups is 1. The van der Waals surface area contributed by atoms with E-state index in [9.17, 15) is 13.2 Å². The van der Waals surface area contributed by atoms with Crippen LogP contribution in [0.1, 0.15) is 16.7 Å². The van der Waals surface area contributed by atoms with Crippen molar-refractivity contribution < 1.29 is 13.2 Å². The molecule has 3 rings (SSSR count). The molecule has 2 aromatic rings. The molecule has 1 heterocycles. The van der Waals surface area contributed by atoms with Gasteiger partial charge in [0.15, 0.2) is 9.84 Å². The van der Waals surface area contributed by atoms with Crippen LogP contribution in [0.5, 0.6) is 0 Å². The van der Waals surface area contributed by atoms with Gasteiger partial charge in [0, 0.05) is 38.3 Å². The van der Waals surface area contributed by atoms with Crippen molar-refractivity contribution in [2.24, 2.45) is 4.99 Å². The molecular weight excluding hydrogens is 426 g/mol. The Morgan fingerprint density at radius 1 is 1.25 bits per heavy atom. The zero-order valence-corrected chi connectivity index (χ0v) is 18.6. The molecule has 1 aliphatic heterocycles. The Balaban J connectivity index is 1.46. The third kappa shape index (κ3) is 6.03. The fourth-order valence-electron chi connectivity index (χ4n) is 3.18. The zero-order chi connectivity index (χ0) is 23.0. The number of amides is 1. The second kappa shape index (κ2) is 10.7. The lowest BCUT2D eigenvalue weighted by molar-refractivity contribution is -0.125. The van der Waals surface area contributed by atoms with Gasteiger partial charge in [-0.05, 0) is 17.7 Å². The van der Waals surface area contributed by atoms with Crippen LogP contribution < -0.4 is 10.6 Å². The summed E-state index contributed by atoms with van der Waals surface area (Å²) in [5.41, 5.74) is 2.14. The van der Waals surface area contributed by atoms with Gasteiger partial charge in [0.05, 0.1) is 17.0 Å². The minimum absolute atomic E-state index is 0.00316. The minimum atomic E-state index is -3.65. The minimum Gasteiger partial charge on any atom is -0.368 e. The van der Waals surface area contributed by atoms with E-state index in [0.29, 0.717) is 6.54 Å². The Labute approximate surface area is 188 Å². The molecule has 2 N–H and O–H groups in total. The van der Waals surface area contributed by atoms with Gasteiger partial charge >= 0.3 is 0 Å². The predicted octanol–water partition coefficient (Wildman–Crippen LogP) is 1.44. The van der Waals surface area contributed by atoms with Gasteiger partial charge < -0.3 is 10.2 Å². The molecule has 0 radical (unpaired) electrons. The lowest BCUT2D eigenvalue weighted by Gasteiger charge is -2.15. The van der Waals surface area contributed by atoms with Crippen LogP contribution in [0, 0.1) is 11.3 Å². The van der Waals surface area contributed by atoms with Gasteiger partial charge in [0.1, 0.15) is 17.8 Å². The molecule has 0 aliphatic carbocycles. The lowest BCUT2D eigenvalue weighted by Crippen LogP contribution is -2.26. The Hall–Kier alpha value is -3.48. The summed E-state index contributed by atoms with van der Waals surface area (Å²) in [6.07, 6.45) is 2.99. The van der Waals surface area contributed by atoms with Gasteiger partial charge in [-0.3, -0.25) is 15.1 Å². The van der Waals surface area contributed by atoms with Crippen LogP contribution in [0.25, 0.3) is 0 Å². The predicted molar refractivity (Wildman–Crippen MR) is 123 cm³/mol. The largest absolute Gasteiger partial charge is 0.368 e. The van der Waals surface area contributed by atoms with E-state index in [1.807, 2.05) is 30.3 Å². The third-order valence-electron chi connectivity index (χ3n) is 4.85. The van der Waals surface area contributed by atoms with Crippen LogP contribution in [-0.4, -0.2) is 57.6 Å². The molecule has 0 fully saturated rings. The molecule has 8 nitrogen and oxygen atoms in total. The molecule has 9 heteroatoms. The second-order valence-corrected chi connectivity index (χ2v) is 9.23. The van der Waals surface area contributed by atoms with Gasteiger partial charge in [-0.15, -0.1) is 0 Å². The summed E-state index contributed by atoms with van der Waals surface area (Å²) in [4.78, 5) is 18.3. The maximum Gasteiger partial charge on any atom is 0.246 e. The molecule has 0 spiro atoms. The second-order valence-electron chi connectivity index (χ2n) is 7.27. The molecule has 1 aliphatic rings. The standard InChI is InChI=1S/C23H25N5O3S/c1-28(16-18-8-10-19(11-9-18)23-26-13-14-27-23)22(29)7-4-12-25-17-32(30,31)21-6-3-2-5-20(21)15-24/h2-11,25H,12-14,16-17H2,1H3,(H,26,27). The molecule has 166 valence electrons. The van der Waals surface area contributed by atoms with Gasteiger partial charge in [0.25, 0.3) is 0 Å². The van der Waals surface area contributed by atoms with E-state index in [1.165, 1.54) is 18.2 Å². The molecule has 0 saturated carbocycles. The van der Waals surface area contributed by atoms with Crippen molar-refractivity contribution in [3.8, 4) is 6.07 Å². The number of benzene rings is 2. The van der Waals surface area contributed by atoms with Crippen molar-refractivity contribution in [2.75, 3.05) is 32.6 Å². The van der Waals surface area contributed by atoms with Gasteiger partial charge in [-0.1, -0.05) is 42.5 Å². The SMILES string of the molecule is CN(Cc1ccc(C2=NCCN2)cc1)C(=O)C=CCNCS(=O)(=O)c1ccccc1C#N. The summed E-state index contributed by atoms with van der Waals surface area (Å²) < 4.78 is 24.8. The summed E-state index contributed by atoms with van der Waals surface area (Å²) in [5.74, 6) is 0.386. The Kier molecular flexibility index (Phi) is 7.76. The smallest absolute Gasteiger partial charge is 0.246 e. The number of carbonyl (C=O) groups excluding carboxylic acids is 1. The van der Waals surface area contributed by atoms with Gasteiger partial charge in [-0.2, -0.15) is 5.26 Å². The van der Waals surface area contributed by atoms with E-state index in [-0.39, 0.29) is 28.8 Å². The highest BCUT2D eigenvalue weighted by Gasteiger charge is 2.17. The van der Waals surface area contributed by atoms with Crippen molar-refractivity contribution in [1.29, 1.82) is 5.26 Å². The number of sulfone groups is 1. The Morgan fingerprint density at radius 3 is 2.69 bits per heavy atom. The Bertz CT molecular complexity index is 1160. The van der Waals surface area contributed by atoms with Crippen LogP contribution in [0.2, 0.25) is 0 Å². The van der Waals surface area contributed by atoms with Crippen LogP contribution in [-0.2, 0) is 21.2 Å². The highest BCUT2D eigenvalue weighted by Crippen LogP contribution is 2.15.